The van der Waals surface area contributed by atoms with Gasteiger partial charge in [-0.25, -0.2) is 5.43 Å². The van der Waals surface area contributed by atoms with Crippen molar-refractivity contribution in [2.45, 2.75) is 30.3 Å². The molecule has 2 amide bonds. The van der Waals surface area contributed by atoms with Gasteiger partial charge in [-0.3, -0.25) is 9.59 Å². The number of phenolic OH excluding ortho intramolecular Hbond substituents is 1. The van der Waals surface area contributed by atoms with Gasteiger partial charge < -0.3 is 15.2 Å². The summed E-state index contributed by atoms with van der Waals surface area (Å²) in [4.78, 5) is 24.0. The Labute approximate surface area is 195 Å². The molecular weight excluding hydrogens is 465 g/mol. The average molecular weight is 487 g/mol. The Morgan fingerprint density at radius 1 is 1.13 bits per heavy atom. The van der Waals surface area contributed by atoms with E-state index in [1.807, 2.05) is 13.8 Å². The highest BCUT2D eigenvalue weighted by Gasteiger charge is 2.36. The molecule has 166 valence electrons. The highest BCUT2D eigenvalue weighted by atomic mass is 35.6. The van der Waals surface area contributed by atoms with Crippen molar-refractivity contribution in [3.8, 4) is 11.5 Å². The summed E-state index contributed by atoms with van der Waals surface area (Å²) in [6.07, 6.45) is 0.502. The number of hydrogen-bond acceptors (Lipinski definition) is 5. The Morgan fingerprint density at radius 3 is 2.35 bits per heavy atom. The summed E-state index contributed by atoms with van der Waals surface area (Å²) in [6.45, 7) is 3.80. The number of carbonyl (C=O) groups excluding carboxylic acids is 2. The lowest BCUT2D eigenvalue weighted by Crippen LogP contribution is -2.48. The number of hydrazone groups is 1. The van der Waals surface area contributed by atoms with Gasteiger partial charge in [0.1, 0.15) is 11.5 Å². The number of halogens is 3. The van der Waals surface area contributed by atoms with Crippen molar-refractivity contribution in [1.82, 2.24) is 10.7 Å². The van der Waals surface area contributed by atoms with Gasteiger partial charge in [0.2, 0.25) is 15.9 Å². The highest BCUT2D eigenvalue weighted by molar-refractivity contribution is 6.68. The molecule has 2 aromatic carbocycles. The quantitative estimate of drug-likeness (QED) is 0.223. The van der Waals surface area contributed by atoms with Gasteiger partial charge in [0.15, 0.2) is 0 Å². The molecule has 1 atom stereocenters. The Balaban J connectivity index is 1.98. The van der Waals surface area contributed by atoms with Gasteiger partial charge >= 0.3 is 0 Å². The molecule has 0 saturated heterocycles. The van der Waals surface area contributed by atoms with Crippen molar-refractivity contribution in [2.75, 3.05) is 0 Å². The Bertz CT molecular complexity index is 928. The van der Waals surface area contributed by atoms with Crippen LogP contribution in [0, 0.1) is 5.92 Å². The summed E-state index contributed by atoms with van der Waals surface area (Å²) in [6, 6.07) is 12.7. The van der Waals surface area contributed by atoms with Gasteiger partial charge in [-0.15, -0.1) is 0 Å². The minimum absolute atomic E-state index is 0.112. The van der Waals surface area contributed by atoms with Crippen LogP contribution < -0.4 is 15.5 Å². The Kier molecular flexibility index (Phi) is 8.98. The summed E-state index contributed by atoms with van der Waals surface area (Å²) < 4.78 is 3.76. The first-order chi connectivity index (χ1) is 14.6. The number of rotatable bonds is 8. The first kappa shape index (κ1) is 24.8. The van der Waals surface area contributed by atoms with Crippen LogP contribution in [0.25, 0.3) is 0 Å². The third-order valence-corrected chi connectivity index (χ3v) is 4.44. The molecule has 0 bridgehead atoms. The fourth-order valence-corrected chi connectivity index (χ4v) is 2.71. The molecule has 1 unspecified atom stereocenters. The normalized spacial score (nSPS) is 12.6. The molecule has 7 nitrogen and oxygen atoms in total. The van der Waals surface area contributed by atoms with Crippen LogP contribution in [0.2, 0.25) is 0 Å². The zero-order valence-electron chi connectivity index (χ0n) is 16.8. The number of hydrogen-bond donors (Lipinski definition) is 3. The fourth-order valence-electron chi connectivity index (χ4n) is 2.41. The van der Waals surface area contributed by atoms with E-state index in [1.54, 1.807) is 36.4 Å². The molecule has 10 heteroatoms. The number of alkyl halides is 3. The van der Waals surface area contributed by atoms with E-state index in [-0.39, 0.29) is 29.6 Å². The smallest absolute Gasteiger partial charge is 0.275 e. The molecule has 3 N–H and O–H groups in total. The maximum Gasteiger partial charge on any atom is 0.275 e. The van der Waals surface area contributed by atoms with Gasteiger partial charge in [-0.05, 0) is 47.9 Å². The van der Waals surface area contributed by atoms with Gasteiger partial charge in [-0.1, -0.05) is 60.8 Å². The lowest BCUT2D eigenvalue weighted by Gasteiger charge is -2.26. The van der Waals surface area contributed by atoms with Crippen LogP contribution in [0.1, 0.15) is 36.2 Å². The second-order valence-electron chi connectivity index (χ2n) is 6.99. The minimum Gasteiger partial charge on any atom is -0.507 e. The van der Waals surface area contributed by atoms with Crippen molar-refractivity contribution < 1.29 is 19.4 Å². The summed E-state index contributed by atoms with van der Waals surface area (Å²) >= 11 is 17.8. The van der Waals surface area contributed by atoms with E-state index in [4.69, 9.17) is 39.5 Å². The molecule has 0 aliphatic carbocycles. The summed E-state index contributed by atoms with van der Waals surface area (Å²) in [5.41, 5.74) is 3.10. The average Bonchev–Trinajstić information content (AvgIpc) is 2.67. The van der Waals surface area contributed by atoms with E-state index in [9.17, 15) is 14.7 Å². The minimum atomic E-state index is -1.87. The van der Waals surface area contributed by atoms with Crippen molar-refractivity contribution in [1.29, 1.82) is 0 Å². The van der Waals surface area contributed by atoms with Crippen LogP contribution >= 0.6 is 34.8 Å². The summed E-state index contributed by atoms with van der Waals surface area (Å²) in [5, 5.41) is 16.1. The number of ether oxygens (including phenoxy) is 1. The van der Waals surface area contributed by atoms with E-state index in [2.05, 4.69) is 15.8 Å². The fraction of sp³-hybridized carbons (Fsp3) is 0.286. The number of phenols is 1. The van der Waals surface area contributed by atoms with Crippen LogP contribution in [0.15, 0.2) is 53.6 Å². The largest absolute Gasteiger partial charge is 0.507 e. The summed E-state index contributed by atoms with van der Waals surface area (Å²) in [5.74, 6) is -0.481. The van der Waals surface area contributed by atoms with E-state index >= 15 is 0 Å². The Hall–Kier alpha value is -2.48. The highest BCUT2D eigenvalue weighted by Crippen LogP contribution is 2.32. The van der Waals surface area contributed by atoms with Gasteiger partial charge in [-0.2, -0.15) is 5.10 Å². The standard InChI is InChI=1S/C21H22Cl3N3O4/c1-13(2)11-18(29)26-20(21(22,23)24)31-15-9-7-14(8-10-15)12-25-27-19(30)16-5-3-4-6-17(16)28/h3-10,12-13,20,28H,11H2,1-2H3,(H,26,29)(H,27,30)/b25-12+. The number of nitrogens with one attached hydrogen (secondary N) is 2. The SMILES string of the molecule is CC(C)CC(=O)NC(Oc1ccc(/C=N/NC(=O)c2ccccc2O)cc1)C(Cl)(Cl)Cl. The maximum atomic E-state index is 12.0. The molecule has 0 radical (unpaired) electrons. The van der Waals surface area contributed by atoms with E-state index in [0.29, 0.717) is 11.3 Å². The molecule has 0 aliphatic heterocycles. The maximum absolute atomic E-state index is 12.0. The van der Waals surface area contributed by atoms with Crippen LogP contribution in [0.5, 0.6) is 11.5 Å². The first-order valence-corrected chi connectivity index (χ1v) is 10.4. The first-order valence-electron chi connectivity index (χ1n) is 9.30. The van der Waals surface area contributed by atoms with E-state index in [1.165, 1.54) is 18.3 Å². The molecule has 0 aromatic heterocycles. The zero-order chi connectivity index (χ0) is 23.0. The predicted molar refractivity (Wildman–Crippen MR) is 122 cm³/mol. The van der Waals surface area contributed by atoms with Crippen molar-refractivity contribution in [2.24, 2.45) is 11.0 Å². The van der Waals surface area contributed by atoms with Crippen LogP contribution in [-0.2, 0) is 4.79 Å². The molecule has 0 heterocycles. The second-order valence-corrected chi connectivity index (χ2v) is 9.36. The number of aromatic hydroxyl groups is 1. The van der Waals surface area contributed by atoms with Crippen LogP contribution in [-0.4, -0.2) is 33.2 Å². The van der Waals surface area contributed by atoms with Gasteiger partial charge in [0.05, 0.1) is 11.8 Å². The molecule has 2 rings (SSSR count). The monoisotopic (exact) mass is 485 g/mol. The third kappa shape index (κ3) is 8.28. The topological polar surface area (TPSA) is 100 Å². The zero-order valence-corrected chi connectivity index (χ0v) is 19.1. The Morgan fingerprint density at radius 2 is 1.77 bits per heavy atom. The van der Waals surface area contributed by atoms with E-state index < -0.39 is 15.9 Å². The lowest BCUT2D eigenvalue weighted by atomic mass is 10.1. The lowest BCUT2D eigenvalue weighted by molar-refractivity contribution is -0.124. The third-order valence-electron chi connectivity index (χ3n) is 3.85. The van der Waals surface area contributed by atoms with Crippen molar-refractivity contribution in [3.05, 3.63) is 59.7 Å². The number of nitrogens with zero attached hydrogens (tertiary/aromatic N) is 1. The van der Waals surface area contributed by atoms with E-state index in [0.717, 1.165) is 0 Å². The molecule has 0 saturated carbocycles. The van der Waals surface area contributed by atoms with Crippen molar-refractivity contribution >= 4 is 52.8 Å². The number of amides is 2. The molecule has 2 aromatic rings. The second kappa shape index (κ2) is 11.2. The molecule has 0 aliphatic rings. The van der Waals surface area contributed by atoms with Crippen molar-refractivity contribution in [3.63, 3.8) is 0 Å². The number of para-hydroxylation sites is 1. The van der Waals surface area contributed by atoms with Crippen LogP contribution in [0.4, 0.5) is 0 Å². The van der Waals surface area contributed by atoms with Crippen LogP contribution in [0.3, 0.4) is 0 Å². The summed E-state index contributed by atoms with van der Waals surface area (Å²) in [7, 11) is 0. The predicted octanol–water partition coefficient (Wildman–Crippen LogP) is 4.39. The number of benzene rings is 2. The van der Waals surface area contributed by atoms with Gasteiger partial charge in [0, 0.05) is 6.42 Å². The molecular formula is C21H22Cl3N3O4. The number of carbonyl (C=O) groups is 2. The molecule has 31 heavy (non-hydrogen) atoms. The molecule has 0 spiro atoms. The molecule has 0 fully saturated rings. The van der Waals surface area contributed by atoms with Gasteiger partial charge in [0.25, 0.3) is 5.91 Å².